The molecular weight excluding hydrogens is 294 g/mol. The molecule has 0 bridgehead atoms. The summed E-state index contributed by atoms with van der Waals surface area (Å²) >= 11 is 0. The highest BCUT2D eigenvalue weighted by Crippen LogP contribution is 2.22. The predicted molar refractivity (Wildman–Crippen MR) is 81.9 cm³/mol. The summed E-state index contributed by atoms with van der Waals surface area (Å²) in [4.78, 5) is 10.8. The largest absolute Gasteiger partial charge is 0.478 e. The number of halogens is 1. The summed E-state index contributed by atoms with van der Waals surface area (Å²) < 4.78 is 10.6. The van der Waals surface area contributed by atoms with Crippen molar-refractivity contribution in [2.45, 2.75) is 6.54 Å². The van der Waals surface area contributed by atoms with E-state index >= 15 is 0 Å². The molecule has 6 heteroatoms. The van der Waals surface area contributed by atoms with Crippen molar-refractivity contribution in [3.05, 3.63) is 47.7 Å². The molecule has 2 rings (SSSR count). The minimum absolute atomic E-state index is 0. The molecule has 0 aliphatic carbocycles. The zero-order valence-corrected chi connectivity index (χ0v) is 12.5. The van der Waals surface area contributed by atoms with Crippen molar-refractivity contribution in [2.75, 3.05) is 20.3 Å². The van der Waals surface area contributed by atoms with Gasteiger partial charge in [-0.3, -0.25) is 0 Å². The number of hydrogen-bond donors (Lipinski definition) is 2. The smallest absolute Gasteiger partial charge is 0.335 e. The minimum atomic E-state index is -0.931. The van der Waals surface area contributed by atoms with Crippen LogP contribution >= 0.6 is 12.4 Å². The van der Waals surface area contributed by atoms with Crippen LogP contribution in [0.2, 0.25) is 0 Å². The number of carbonyl (C=O) groups is 1. The van der Waals surface area contributed by atoms with Gasteiger partial charge < -0.3 is 19.6 Å². The maximum Gasteiger partial charge on any atom is 0.335 e. The molecule has 1 aromatic carbocycles. The average Bonchev–Trinajstić information content (AvgIpc) is 2.92. The summed E-state index contributed by atoms with van der Waals surface area (Å²) in [5.41, 5.74) is 1.12. The van der Waals surface area contributed by atoms with Crippen LogP contribution in [0.5, 0.6) is 0 Å². The summed E-state index contributed by atoms with van der Waals surface area (Å²) in [6.07, 6.45) is 0. The van der Waals surface area contributed by atoms with E-state index < -0.39 is 5.97 Å². The highest BCUT2D eigenvalue weighted by molar-refractivity contribution is 5.88. The van der Waals surface area contributed by atoms with Crippen molar-refractivity contribution < 1.29 is 19.1 Å². The fraction of sp³-hybridized carbons (Fsp3) is 0.267. The van der Waals surface area contributed by atoms with Crippen molar-refractivity contribution in [1.29, 1.82) is 0 Å². The van der Waals surface area contributed by atoms with E-state index in [-0.39, 0.29) is 18.0 Å². The Balaban J connectivity index is 0.00000220. The van der Waals surface area contributed by atoms with Gasteiger partial charge in [-0.05, 0) is 24.3 Å². The summed E-state index contributed by atoms with van der Waals surface area (Å²) in [6.45, 7) is 2.06. The Morgan fingerprint density at radius 3 is 2.57 bits per heavy atom. The van der Waals surface area contributed by atoms with Gasteiger partial charge in [-0.25, -0.2) is 4.79 Å². The second-order valence-electron chi connectivity index (χ2n) is 4.32. The SMILES string of the molecule is COCCNCc1ccc(-c2ccc(C(=O)O)cc2)o1.Cl. The van der Waals surface area contributed by atoms with Crippen molar-refractivity contribution in [3.63, 3.8) is 0 Å². The van der Waals surface area contributed by atoms with Crippen LogP contribution in [0, 0.1) is 0 Å². The number of carboxylic acids is 1. The van der Waals surface area contributed by atoms with E-state index in [0.29, 0.717) is 13.2 Å². The number of aromatic carboxylic acids is 1. The Morgan fingerprint density at radius 1 is 1.24 bits per heavy atom. The van der Waals surface area contributed by atoms with Crippen LogP contribution < -0.4 is 5.32 Å². The van der Waals surface area contributed by atoms with E-state index in [1.807, 2.05) is 12.1 Å². The third-order valence-electron chi connectivity index (χ3n) is 2.86. The maximum absolute atomic E-state index is 10.8. The van der Waals surface area contributed by atoms with Gasteiger partial charge in [0.25, 0.3) is 0 Å². The van der Waals surface area contributed by atoms with E-state index in [1.165, 1.54) is 0 Å². The van der Waals surface area contributed by atoms with Crippen LogP contribution in [0.1, 0.15) is 16.1 Å². The van der Waals surface area contributed by atoms with Gasteiger partial charge in [0, 0.05) is 19.2 Å². The zero-order chi connectivity index (χ0) is 14.4. The molecule has 2 N–H and O–H groups in total. The van der Waals surface area contributed by atoms with Gasteiger partial charge in [0.1, 0.15) is 11.5 Å². The first-order valence-corrected chi connectivity index (χ1v) is 6.33. The lowest BCUT2D eigenvalue weighted by molar-refractivity contribution is 0.0697. The number of hydrogen-bond acceptors (Lipinski definition) is 4. The molecule has 0 aliphatic rings. The molecular formula is C15H18ClNO4. The molecule has 21 heavy (non-hydrogen) atoms. The maximum atomic E-state index is 10.8. The number of rotatable bonds is 7. The topological polar surface area (TPSA) is 71.7 Å². The van der Waals surface area contributed by atoms with Gasteiger partial charge in [-0.2, -0.15) is 0 Å². The molecule has 1 aromatic heterocycles. The Hall–Kier alpha value is -1.82. The third kappa shape index (κ3) is 4.90. The minimum Gasteiger partial charge on any atom is -0.478 e. The highest BCUT2D eigenvalue weighted by atomic mass is 35.5. The van der Waals surface area contributed by atoms with E-state index in [1.54, 1.807) is 31.4 Å². The second-order valence-corrected chi connectivity index (χ2v) is 4.32. The molecule has 0 amide bonds. The van der Waals surface area contributed by atoms with Gasteiger partial charge in [-0.1, -0.05) is 12.1 Å². The highest BCUT2D eigenvalue weighted by Gasteiger charge is 2.06. The molecule has 5 nitrogen and oxygen atoms in total. The first-order chi connectivity index (χ1) is 9.70. The summed E-state index contributed by atoms with van der Waals surface area (Å²) in [5, 5.41) is 12.0. The van der Waals surface area contributed by atoms with Crippen molar-refractivity contribution in [1.82, 2.24) is 5.32 Å². The Labute approximate surface area is 129 Å². The van der Waals surface area contributed by atoms with Crippen LogP contribution in [0.3, 0.4) is 0 Å². The monoisotopic (exact) mass is 311 g/mol. The van der Waals surface area contributed by atoms with Gasteiger partial charge in [0.2, 0.25) is 0 Å². The lowest BCUT2D eigenvalue weighted by Gasteiger charge is -2.01. The first kappa shape index (κ1) is 17.2. The Kier molecular flexibility index (Phi) is 6.94. The van der Waals surface area contributed by atoms with E-state index in [2.05, 4.69) is 5.32 Å². The van der Waals surface area contributed by atoms with Crippen molar-refractivity contribution >= 4 is 18.4 Å². The number of methoxy groups -OCH3 is 1. The van der Waals surface area contributed by atoms with Crippen LogP contribution in [0.25, 0.3) is 11.3 Å². The van der Waals surface area contributed by atoms with E-state index in [0.717, 1.165) is 23.6 Å². The summed E-state index contributed by atoms with van der Waals surface area (Å²) in [7, 11) is 1.66. The standard InChI is InChI=1S/C15H17NO4.ClH/c1-19-9-8-16-10-13-6-7-14(20-13)11-2-4-12(5-3-11)15(17)18;/h2-7,16H,8-10H2,1H3,(H,17,18);1H. The Morgan fingerprint density at radius 2 is 1.95 bits per heavy atom. The molecule has 0 unspecified atom stereocenters. The van der Waals surface area contributed by atoms with E-state index in [4.69, 9.17) is 14.3 Å². The lowest BCUT2D eigenvalue weighted by atomic mass is 10.1. The number of benzene rings is 1. The predicted octanol–water partition coefficient (Wildman–Crippen LogP) is 2.80. The van der Waals surface area contributed by atoms with E-state index in [9.17, 15) is 4.79 Å². The van der Waals surface area contributed by atoms with Crippen molar-refractivity contribution in [3.8, 4) is 11.3 Å². The molecule has 1 heterocycles. The molecule has 0 aliphatic heterocycles. The average molecular weight is 312 g/mol. The number of ether oxygens (including phenoxy) is 1. The van der Waals surface area contributed by atoms with Gasteiger partial charge in [0.15, 0.2) is 0 Å². The lowest BCUT2D eigenvalue weighted by Crippen LogP contribution is -2.18. The van der Waals surface area contributed by atoms with Crippen molar-refractivity contribution in [2.24, 2.45) is 0 Å². The number of furan rings is 1. The Bertz CT molecular complexity index is 565. The first-order valence-electron chi connectivity index (χ1n) is 6.33. The zero-order valence-electron chi connectivity index (χ0n) is 11.7. The number of carboxylic acid groups (broad SMARTS) is 1. The van der Waals surface area contributed by atoms with Crippen LogP contribution in [0.15, 0.2) is 40.8 Å². The molecule has 0 atom stereocenters. The third-order valence-corrected chi connectivity index (χ3v) is 2.86. The van der Waals surface area contributed by atoms with Gasteiger partial charge >= 0.3 is 5.97 Å². The fourth-order valence-corrected chi connectivity index (χ4v) is 1.79. The number of nitrogens with one attached hydrogen (secondary N) is 1. The van der Waals surface area contributed by atoms with Gasteiger partial charge in [-0.15, -0.1) is 12.4 Å². The molecule has 2 aromatic rings. The van der Waals surface area contributed by atoms with Gasteiger partial charge in [0.05, 0.1) is 18.7 Å². The van der Waals surface area contributed by atoms with Crippen LogP contribution in [-0.4, -0.2) is 31.3 Å². The molecule has 0 saturated carbocycles. The summed E-state index contributed by atoms with van der Waals surface area (Å²) in [5.74, 6) is 0.628. The summed E-state index contributed by atoms with van der Waals surface area (Å²) in [6, 6.07) is 10.4. The molecule has 114 valence electrons. The molecule has 0 fully saturated rings. The second kappa shape index (κ2) is 8.46. The molecule has 0 radical (unpaired) electrons. The normalized spacial score (nSPS) is 10.1. The quantitative estimate of drug-likeness (QED) is 0.769. The van der Waals surface area contributed by atoms with Crippen LogP contribution in [-0.2, 0) is 11.3 Å². The fourth-order valence-electron chi connectivity index (χ4n) is 1.79. The molecule has 0 spiro atoms. The molecule has 0 saturated heterocycles. The van der Waals surface area contributed by atoms with Crippen LogP contribution in [0.4, 0.5) is 0 Å².